The van der Waals surface area contributed by atoms with Crippen LogP contribution < -0.4 is 4.74 Å². The van der Waals surface area contributed by atoms with E-state index >= 15 is 0 Å². The number of pyridine rings is 1. The number of hydrogen-bond donors (Lipinski definition) is 1. The molecule has 5 heteroatoms. The standard InChI is InChI=1S/C21H16F2N2O/c1-13-10-24-21-16(13)9-15(11-25-21)19-17(22)7-8-18(20(19)23)26-12-14-5-3-2-4-6-14/h2-11H,12H2,1H3,(H,24,25). The fourth-order valence-electron chi connectivity index (χ4n) is 2.92. The third kappa shape index (κ3) is 2.92. The first-order valence-electron chi connectivity index (χ1n) is 8.22. The molecular weight excluding hydrogens is 334 g/mol. The van der Waals surface area contributed by atoms with Crippen LogP contribution in [0.4, 0.5) is 8.78 Å². The van der Waals surface area contributed by atoms with Gasteiger partial charge in [-0.1, -0.05) is 30.3 Å². The minimum Gasteiger partial charge on any atom is -0.486 e. The number of fused-ring (bicyclic) bond motifs is 1. The summed E-state index contributed by atoms with van der Waals surface area (Å²) in [5.74, 6) is -1.37. The second-order valence-corrected chi connectivity index (χ2v) is 6.10. The van der Waals surface area contributed by atoms with Gasteiger partial charge in [0.05, 0.1) is 5.56 Å². The third-order valence-electron chi connectivity index (χ3n) is 4.32. The van der Waals surface area contributed by atoms with Crippen molar-refractivity contribution in [3.8, 4) is 16.9 Å². The number of nitrogens with one attached hydrogen (secondary N) is 1. The average molecular weight is 350 g/mol. The molecule has 0 amide bonds. The van der Waals surface area contributed by atoms with Gasteiger partial charge in [-0.25, -0.2) is 13.8 Å². The monoisotopic (exact) mass is 350 g/mol. The van der Waals surface area contributed by atoms with Gasteiger partial charge in [0.1, 0.15) is 18.1 Å². The maximum Gasteiger partial charge on any atom is 0.175 e. The number of hydrogen-bond acceptors (Lipinski definition) is 2. The highest BCUT2D eigenvalue weighted by molar-refractivity contribution is 5.84. The highest BCUT2D eigenvalue weighted by Gasteiger charge is 2.18. The number of nitrogens with zero attached hydrogens (tertiary/aromatic N) is 1. The van der Waals surface area contributed by atoms with Gasteiger partial charge >= 0.3 is 0 Å². The van der Waals surface area contributed by atoms with Crippen LogP contribution in [0.1, 0.15) is 11.1 Å². The molecule has 2 heterocycles. The van der Waals surface area contributed by atoms with E-state index in [9.17, 15) is 8.78 Å². The summed E-state index contributed by atoms with van der Waals surface area (Å²) < 4.78 is 34.9. The lowest BCUT2D eigenvalue weighted by Gasteiger charge is -2.12. The number of aromatic nitrogens is 2. The summed E-state index contributed by atoms with van der Waals surface area (Å²) >= 11 is 0. The molecule has 2 aromatic heterocycles. The second-order valence-electron chi connectivity index (χ2n) is 6.10. The molecule has 2 aromatic carbocycles. The van der Waals surface area contributed by atoms with Crippen LogP contribution in [0.25, 0.3) is 22.2 Å². The molecule has 26 heavy (non-hydrogen) atoms. The van der Waals surface area contributed by atoms with E-state index in [4.69, 9.17) is 4.74 Å². The third-order valence-corrected chi connectivity index (χ3v) is 4.32. The molecule has 4 rings (SSSR count). The van der Waals surface area contributed by atoms with Gasteiger partial charge in [-0.3, -0.25) is 0 Å². The molecule has 0 aliphatic heterocycles. The number of halogens is 2. The van der Waals surface area contributed by atoms with Crippen molar-refractivity contribution < 1.29 is 13.5 Å². The van der Waals surface area contributed by atoms with Gasteiger partial charge < -0.3 is 9.72 Å². The molecule has 0 atom stereocenters. The topological polar surface area (TPSA) is 37.9 Å². The number of aromatic amines is 1. The molecule has 0 spiro atoms. The number of rotatable bonds is 4. The molecule has 4 aromatic rings. The Balaban J connectivity index is 1.72. The summed E-state index contributed by atoms with van der Waals surface area (Å²) in [6.07, 6.45) is 3.27. The van der Waals surface area contributed by atoms with Gasteiger partial charge in [0, 0.05) is 23.3 Å². The van der Waals surface area contributed by atoms with E-state index in [2.05, 4.69) is 9.97 Å². The van der Waals surface area contributed by atoms with E-state index in [-0.39, 0.29) is 17.9 Å². The molecule has 0 saturated carbocycles. The minimum absolute atomic E-state index is 0.0103. The van der Waals surface area contributed by atoms with Gasteiger partial charge in [0.2, 0.25) is 0 Å². The van der Waals surface area contributed by atoms with Crippen molar-refractivity contribution >= 4 is 11.0 Å². The normalized spacial score (nSPS) is 11.0. The van der Waals surface area contributed by atoms with Crippen molar-refractivity contribution in [1.29, 1.82) is 0 Å². The summed E-state index contributed by atoms with van der Waals surface area (Å²) in [7, 11) is 0. The van der Waals surface area contributed by atoms with Crippen LogP contribution in [0.5, 0.6) is 5.75 Å². The van der Waals surface area contributed by atoms with Crippen LogP contribution in [0.2, 0.25) is 0 Å². The SMILES string of the molecule is Cc1c[nH]c2ncc(-c3c(F)ccc(OCc4ccccc4)c3F)cc12. The quantitative estimate of drug-likeness (QED) is 0.535. The van der Waals surface area contributed by atoms with Gasteiger partial charge in [0.25, 0.3) is 0 Å². The molecule has 0 aliphatic carbocycles. The van der Waals surface area contributed by atoms with Crippen LogP contribution in [0.15, 0.2) is 60.9 Å². The Morgan fingerprint density at radius 2 is 1.88 bits per heavy atom. The summed E-state index contributed by atoms with van der Waals surface area (Å²) in [6.45, 7) is 2.12. The Morgan fingerprint density at radius 1 is 1.08 bits per heavy atom. The highest BCUT2D eigenvalue weighted by atomic mass is 19.1. The van der Waals surface area contributed by atoms with Gasteiger partial charge in [0.15, 0.2) is 11.6 Å². The summed E-state index contributed by atoms with van der Waals surface area (Å²) in [5, 5.41) is 0.830. The zero-order valence-electron chi connectivity index (χ0n) is 14.1. The predicted octanol–water partition coefficient (Wildman–Crippen LogP) is 5.40. The Morgan fingerprint density at radius 3 is 2.69 bits per heavy atom. The smallest absolute Gasteiger partial charge is 0.175 e. The largest absolute Gasteiger partial charge is 0.486 e. The van der Waals surface area contributed by atoms with Crippen LogP contribution in [0, 0.1) is 18.6 Å². The van der Waals surface area contributed by atoms with E-state index in [1.54, 1.807) is 6.07 Å². The van der Waals surface area contributed by atoms with Gasteiger partial charge in [-0.15, -0.1) is 0 Å². The molecule has 0 aliphatic rings. The molecule has 0 fully saturated rings. The molecular formula is C21H16F2N2O. The van der Waals surface area contributed by atoms with Crippen molar-refractivity contribution in [2.45, 2.75) is 13.5 Å². The van der Waals surface area contributed by atoms with Crippen LogP contribution in [0.3, 0.4) is 0 Å². The fraction of sp³-hybridized carbons (Fsp3) is 0.0952. The van der Waals surface area contributed by atoms with E-state index < -0.39 is 11.6 Å². The molecule has 0 bridgehead atoms. The first kappa shape index (κ1) is 16.3. The molecule has 130 valence electrons. The molecule has 0 radical (unpaired) electrons. The zero-order chi connectivity index (χ0) is 18.1. The maximum absolute atomic E-state index is 14.9. The van der Waals surface area contributed by atoms with Crippen LogP contribution in [-0.2, 0) is 6.61 Å². The molecule has 1 N–H and O–H groups in total. The lowest BCUT2D eigenvalue weighted by Crippen LogP contribution is -2.00. The van der Waals surface area contributed by atoms with Crippen molar-refractivity contribution in [2.24, 2.45) is 0 Å². The number of ether oxygens (including phenoxy) is 1. The van der Waals surface area contributed by atoms with Crippen molar-refractivity contribution in [1.82, 2.24) is 9.97 Å². The van der Waals surface area contributed by atoms with Crippen molar-refractivity contribution in [2.75, 3.05) is 0 Å². The minimum atomic E-state index is -0.727. The first-order valence-corrected chi connectivity index (χ1v) is 8.22. The highest BCUT2D eigenvalue weighted by Crippen LogP contribution is 2.33. The van der Waals surface area contributed by atoms with Gasteiger partial charge in [-0.05, 0) is 36.2 Å². The van der Waals surface area contributed by atoms with Crippen LogP contribution >= 0.6 is 0 Å². The van der Waals surface area contributed by atoms with Gasteiger partial charge in [-0.2, -0.15) is 0 Å². The van der Waals surface area contributed by atoms with Crippen molar-refractivity contribution in [3.05, 3.63) is 83.7 Å². The number of benzene rings is 2. The van der Waals surface area contributed by atoms with Crippen molar-refractivity contribution in [3.63, 3.8) is 0 Å². The van der Waals surface area contributed by atoms with E-state index in [0.717, 1.165) is 16.5 Å². The summed E-state index contributed by atoms with van der Waals surface area (Å²) in [6, 6.07) is 13.7. The molecule has 0 unspecified atom stereocenters. The Kier molecular flexibility index (Phi) is 4.13. The summed E-state index contributed by atoms with van der Waals surface area (Å²) in [5.41, 5.74) is 2.80. The zero-order valence-corrected chi connectivity index (χ0v) is 14.1. The fourth-order valence-corrected chi connectivity index (χ4v) is 2.92. The first-order chi connectivity index (χ1) is 12.6. The Hall–Kier alpha value is -3.21. The predicted molar refractivity (Wildman–Crippen MR) is 97.0 cm³/mol. The lowest BCUT2D eigenvalue weighted by atomic mass is 10.0. The van der Waals surface area contributed by atoms with E-state index in [1.165, 1.54) is 18.3 Å². The number of aryl methyl sites for hydroxylation is 1. The molecule has 3 nitrogen and oxygen atoms in total. The molecule has 0 saturated heterocycles. The lowest BCUT2D eigenvalue weighted by molar-refractivity contribution is 0.290. The maximum atomic E-state index is 14.9. The van der Waals surface area contributed by atoms with E-state index in [1.807, 2.05) is 43.5 Å². The van der Waals surface area contributed by atoms with E-state index in [0.29, 0.717) is 11.2 Å². The van der Waals surface area contributed by atoms with Crippen LogP contribution in [-0.4, -0.2) is 9.97 Å². The Labute approximate surface area is 149 Å². The Bertz CT molecular complexity index is 1070. The number of H-pyrrole nitrogens is 1. The average Bonchev–Trinajstić information content (AvgIpc) is 3.03. The second kappa shape index (κ2) is 6.59. The summed E-state index contributed by atoms with van der Waals surface area (Å²) in [4.78, 5) is 7.28.